The van der Waals surface area contributed by atoms with Gasteiger partial charge in [-0.15, -0.1) is 11.3 Å². The van der Waals surface area contributed by atoms with Gasteiger partial charge in [0.25, 0.3) is 5.91 Å². The molecule has 0 atom stereocenters. The minimum atomic E-state index is -0.281. The molecule has 0 unspecified atom stereocenters. The van der Waals surface area contributed by atoms with Crippen LogP contribution in [0.25, 0.3) is 10.2 Å². The number of imide groups is 1. The molecule has 156 valence electrons. The number of nitrogens with zero attached hydrogens (tertiary/aromatic N) is 4. The molecule has 2 aromatic heterocycles. The molecule has 4 amide bonds. The van der Waals surface area contributed by atoms with Crippen LogP contribution in [-0.2, 0) is 4.79 Å². The zero-order valence-corrected chi connectivity index (χ0v) is 17.8. The second kappa shape index (κ2) is 8.14. The third-order valence-electron chi connectivity index (χ3n) is 5.82. The highest BCUT2D eigenvalue weighted by Crippen LogP contribution is 2.35. The molecule has 2 aromatic rings. The van der Waals surface area contributed by atoms with E-state index in [0.29, 0.717) is 30.6 Å². The van der Waals surface area contributed by atoms with Gasteiger partial charge in [0, 0.05) is 25.0 Å². The third-order valence-corrected chi connectivity index (χ3v) is 6.95. The van der Waals surface area contributed by atoms with Crippen molar-refractivity contribution >= 4 is 39.4 Å². The maximum Gasteiger partial charge on any atom is 0.327 e. The number of aryl methyl sites for hydroxylation is 1. The lowest BCUT2D eigenvalue weighted by Gasteiger charge is -2.22. The first-order valence-corrected chi connectivity index (χ1v) is 11.2. The van der Waals surface area contributed by atoms with Crippen LogP contribution in [0.15, 0.2) is 6.07 Å². The molecule has 1 saturated carbocycles. The number of hydrogen-bond acceptors (Lipinski definition) is 5. The van der Waals surface area contributed by atoms with E-state index in [-0.39, 0.29) is 24.4 Å². The van der Waals surface area contributed by atoms with Crippen LogP contribution in [0.2, 0.25) is 0 Å². The van der Waals surface area contributed by atoms with E-state index < -0.39 is 0 Å². The predicted molar refractivity (Wildman–Crippen MR) is 111 cm³/mol. The molecule has 1 aliphatic heterocycles. The summed E-state index contributed by atoms with van der Waals surface area (Å²) < 4.78 is 2.12. The maximum absolute atomic E-state index is 12.6. The summed E-state index contributed by atoms with van der Waals surface area (Å²) in [5, 5.41) is 8.66. The number of fused-ring (bicyclic) bond motifs is 1. The molecule has 1 saturated heterocycles. The van der Waals surface area contributed by atoms with Gasteiger partial charge in [0.05, 0.1) is 16.6 Å². The molecular formula is C20H27N5O3S. The van der Waals surface area contributed by atoms with Gasteiger partial charge < -0.3 is 10.2 Å². The van der Waals surface area contributed by atoms with Crippen molar-refractivity contribution in [2.24, 2.45) is 0 Å². The quantitative estimate of drug-likeness (QED) is 0.732. The Bertz CT molecular complexity index is 943. The van der Waals surface area contributed by atoms with Crippen LogP contribution in [0, 0.1) is 6.92 Å². The summed E-state index contributed by atoms with van der Waals surface area (Å²) in [6, 6.07) is 2.06. The van der Waals surface area contributed by atoms with Crippen LogP contribution in [0.4, 0.5) is 4.79 Å². The number of aromatic nitrogens is 2. The molecular weight excluding hydrogens is 390 g/mol. The van der Waals surface area contributed by atoms with Gasteiger partial charge in [-0.1, -0.05) is 19.3 Å². The Labute approximate surface area is 173 Å². The number of rotatable bonds is 6. The van der Waals surface area contributed by atoms with Crippen LogP contribution >= 0.6 is 11.3 Å². The lowest BCUT2D eigenvalue weighted by molar-refractivity contribution is -0.125. The summed E-state index contributed by atoms with van der Waals surface area (Å²) in [4.78, 5) is 41.0. The average molecular weight is 418 g/mol. The summed E-state index contributed by atoms with van der Waals surface area (Å²) in [5.41, 5.74) is 0.960. The number of amides is 4. The Balaban J connectivity index is 1.40. The third kappa shape index (κ3) is 3.75. The van der Waals surface area contributed by atoms with E-state index in [1.165, 1.54) is 40.4 Å². The molecule has 3 heterocycles. The number of urea groups is 1. The Hall–Kier alpha value is -2.42. The highest BCUT2D eigenvalue weighted by molar-refractivity contribution is 7.20. The van der Waals surface area contributed by atoms with E-state index in [2.05, 4.69) is 10.00 Å². The van der Waals surface area contributed by atoms with Crippen molar-refractivity contribution in [1.82, 2.24) is 24.9 Å². The Morgan fingerprint density at radius 2 is 2.03 bits per heavy atom. The Kier molecular flexibility index (Phi) is 5.58. The monoisotopic (exact) mass is 417 g/mol. The lowest BCUT2D eigenvalue weighted by Crippen LogP contribution is -2.37. The van der Waals surface area contributed by atoms with Crippen molar-refractivity contribution in [3.8, 4) is 0 Å². The summed E-state index contributed by atoms with van der Waals surface area (Å²) in [6.45, 7) is 4.87. The SMILES string of the molecule is CCN1C(=O)CN(CCNC(=O)c2cc3c(C)nn(C4CCCCC4)c3s2)C1=O. The molecule has 0 spiro atoms. The summed E-state index contributed by atoms with van der Waals surface area (Å²) in [5.74, 6) is -0.331. The van der Waals surface area contributed by atoms with E-state index in [0.717, 1.165) is 28.8 Å². The molecule has 8 nitrogen and oxygen atoms in total. The molecule has 4 rings (SSSR count). The first-order valence-electron chi connectivity index (χ1n) is 10.4. The van der Waals surface area contributed by atoms with Crippen LogP contribution < -0.4 is 5.32 Å². The van der Waals surface area contributed by atoms with Gasteiger partial charge in [-0.05, 0) is 32.8 Å². The van der Waals surface area contributed by atoms with Gasteiger partial charge in [-0.3, -0.25) is 19.2 Å². The van der Waals surface area contributed by atoms with Crippen molar-refractivity contribution in [2.75, 3.05) is 26.2 Å². The predicted octanol–water partition coefficient (Wildman–Crippen LogP) is 2.93. The number of nitrogens with one attached hydrogen (secondary N) is 1. The topological polar surface area (TPSA) is 87.5 Å². The molecule has 0 aromatic carbocycles. The van der Waals surface area contributed by atoms with E-state index in [9.17, 15) is 14.4 Å². The van der Waals surface area contributed by atoms with Crippen molar-refractivity contribution in [3.05, 3.63) is 16.6 Å². The second-order valence-corrected chi connectivity index (χ2v) is 8.78. The van der Waals surface area contributed by atoms with Gasteiger partial charge in [0.2, 0.25) is 5.91 Å². The highest BCUT2D eigenvalue weighted by Gasteiger charge is 2.34. The molecule has 2 aliphatic rings. The first kappa shape index (κ1) is 19.9. The second-order valence-electron chi connectivity index (χ2n) is 7.75. The van der Waals surface area contributed by atoms with Gasteiger partial charge in [0.15, 0.2) is 0 Å². The number of carbonyl (C=O) groups excluding carboxylic acids is 3. The van der Waals surface area contributed by atoms with Crippen molar-refractivity contribution in [2.45, 2.75) is 52.0 Å². The van der Waals surface area contributed by atoms with Crippen LogP contribution in [-0.4, -0.2) is 63.6 Å². The van der Waals surface area contributed by atoms with Gasteiger partial charge >= 0.3 is 6.03 Å². The minimum absolute atomic E-state index is 0.0852. The van der Waals surface area contributed by atoms with Crippen molar-refractivity contribution < 1.29 is 14.4 Å². The summed E-state index contributed by atoms with van der Waals surface area (Å²) in [7, 11) is 0. The number of likely N-dealkylation sites (N-methyl/N-ethyl adjacent to an activating group) is 1. The number of hydrogen-bond donors (Lipinski definition) is 1. The van der Waals surface area contributed by atoms with Crippen LogP contribution in [0.5, 0.6) is 0 Å². The van der Waals surface area contributed by atoms with E-state index >= 15 is 0 Å². The van der Waals surface area contributed by atoms with Crippen LogP contribution in [0.3, 0.4) is 0 Å². The molecule has 0 radical (unpaired) electrons. The van der Waals surface area contributed by atoms with Crippen molar-refractivity contribution in [1.29, 1.82) is 0 Å². The average Bonchev–Trinajstić information content (AvgIpc) is 3.36. The summed E-state index contributed by atoms with van der Waals surface area (Å²) >= 11 is 1.48. The molecule has 1 aliphatic carbocycles. The molecule has 29 heavy (non-hydrogen) atoms. The van der Waals surface area contributed by atoms with E-state index in [1.54, 1.807) is 6.92 Å². The largest absolute Gasteiger partial charge is 0.350 e. The standard InChI is InChI=1S/C20H27N5O3S/c1-3-24-17(26)12-23(20(24)28)10-9-21-18(27)16-11-15-13(2)22-25(19(15)29-16)14-7-5-4-6-8-14/h11,14H,3-10,12H2,1-2H3,(H,21,27). The molecule has 9 heteroatoms. The van der Waals surface area contributed by atoms with Gasteiger partial charge in [-0.2, -0.15) is 5.10 Å². The molecule has 0 bridgehead atoms. The lowest BCUT2D eigenvalue weighted by atomic mass is 9.96. The minimum Gasteiger partial charge on any atom is -0.350 e. The molecule has 1 N–H and O–H groups in total. The van der Waals surface area contributed by atoms with Crippen LogP contribution in [0.1, 0.15) is 60.4 Å². The van der Waals surface area contributed by atoms with Gasteiger partial charge in [0.1, 0.15) is 11.4 Å². The highest BCUT2D eigenvalue weighted by atomic mass is 32.1. The fourth-order valence-corrected chi connectivity index (χ4v) is 5.38. The summed E-state index contributed by atoms with van der Waals surface area (Å²) in [6.07, 6.45) is 6.05. The maximum atomic E-state index is 12.6. The first-order chi connectivity index (χ1) is 14.0. The fraction of sp³-hybridized carbons (Fsp3) is 0.600. The number of carbonyl (C=O) groups is 3. The smallest absolute Gasteiger partial charge is 0.327 e. The fourth-order valence-electron chi connectivity index (χ4n) is 4.23. The van der Waals surface area contributed by atoms with Crippen molar-refractivity contribution in [3.63, 3.8) is 0 Å². The number of thiophene rings is 1. The zero-order valence-electron chi connectivity index (χ0n) is 16.9. The van der Waals surface area contributed by atoms with E-state index in [4.69, 9.17) is 5.10 Å². The normalized spacial score (nSPS) is 18.3. The van der Waals surface area contributed by atoms with Gasteiger partial charge in [-0.25, -0.2) is 4.79 Å². The Morgan fingerprint density at radius 1 is 1.28 bits per heavy atom. The zero-order chi connectivity index (χ0) is 20.5. The van der Waals surface area contributed by atoms with E-state index in [1.807, 2.05) is 13.0 Å². The Morgan fingerprint density at radius 3 is 2.72 bits per heavy atom. The molecule has 2 fully saturated rings.